The molecular weight excluding hydrogens is 286 g/mol. The summed E-state index contributed by atoms with van der Waals surface area (Å²) in [4.78, 5) is 7.54. The Morgan fingerprint density at radius 3 is 2.25 bits per heavy atom. The Hall–Kier alpha value is -1.89. The van der Waals surface area contributed by atoms with Gasteiger partial charge in [0, 0.05) is 12.4 Å². The summed E-state index contributed by atoms with van der Waals surface area (Å²) in [6, 6.07) is 2.99. The standard InChI is InChI=1S/C13H12F2N2O2S/c1-8-6-16-13(17-7-8)20(18,19)9(2)10-3-4-11(14)12(15)5-10/h3-7,9H,1-2H3. The fourth-order valence-electron chi connectivity index (χ4n) is 1.63. The number of nitrogens with zero attached hydrogens (tertiary/aromatic N) is 2. The third kappa shape index (κ3) is 2.67. The molecule has 0 radical (unpaired) electrons. The molecule has 1 unspecified atom stereocenters. The van der Waals surface area contributed by atoms with E-state index in [1.165, 1.54) is 25.4 Å². The summed E-state index contributed by atoms with van der Waals surface area (Å²) in [7, 11) is -3.85. The van der Waals surface area contributed by atoms with Gasteiger partial charge in [0.25, 0.3) is 0 Å². The van der Waals surface area contributed by atoms with E-state index >= 15 is 0 Å². The van der Waals surface area contributed by atoms with Gasteiger partial charge in [0.15, 0.2) is 11.6 Å². The van der Waals surface area contributed by atoms with Crippen LogP contribution < -0.4 is 0 Å². The molecule has 20 heavy (non-hydrogen) atoms. The Kier molecular flexibility index (Phi) is 3.80. The van der Waals surface area contributed by atoms with Crippen LogP contribution in [0.1, 0.15) is 23.3 Å². The Labute approximate surface area is 115 Å². The molecule has 0 bridgehead atoms. The first-order chi connectivity index (χ1) is 9.32. The van der Waals surface area contributed by atoms with E-state index in [2.05, 4.69) is 9.97 Å². The van der Waals surface area contributed by atoms with Crippen LogP contribution in [0.2, 0.25) is 0 Å². The first-order valence-electron chi connectivity index (χ1n) is 5.80. The van der Waals surface area contributed by atoms with Crippen molar-refractivity contribution in [3.05, 3.63) is 53.4 Å². The van der Waals surface area contributed by atoms with Crippen LogP contribution in [0.4, 0.5) is 8.78 Å². The van der Waals surface area contributed by atoms with Crippen molar-refractivity contribution >= 4 is 9.84 Å². The molecule has 1 heterocycles. The molecule has 0 saturated carbocycles. The average molecular weight is 298 g/mol. The number of rotatable bonds is 3. The molecule has 0 N–H and O–H groups in total. The maximum atomic E-state index is 13.2. The molecule has 1 atom stereocenters. The fraction of sp³-hybridized carbons (Fsp3) is 0.231. The number of aryl methyl sites for hydroxylation is 1. The molecule has 0 fully saturated rings. The predicted octanol–water partition coefficient (Wildman–Crippen LogP) is 2.60. The van der Waals surface area contributed by atoms with Crippen molar-refractivity contribution in [2.45, 2.75) is 24.3 Å². The normalized spacial score (nSPS) is 13.2. The van der Waals surface area contributed by atoms with Gasteiger partial charge in [-0.25, -0.2) is 27.2 Å². The molecule has 0 aliphatic heterocycles. The predicted molar refractivity (Wildman–Crippen MR) is 68.7 cm³/mol. The fourth-order valence-corrected chi connectivity index (χ4v) is 2.85. The molecule has 106 valence electrons. The minimum Gasteiger partial charge on any atom is -0.227 e. The maximum absolute atomic E-state index is 13.2. The molecule has 1 aromatic carbocycles. The van der Waals surface area contributed by atoms with Crippen LogP contribution >= 0.6 is 0 Å². The van der Waals surface area contributed by atoms with E-state index in [1.807, 2.05) is 0 Å². The zero-order valence-electron chi connectivity index (χ0n) is 10.8. The highest BCUT2D eigenvalue weighted by molar-refractivity contribution is 7.91. The van der Waals surface area contributed by atoms with Crippen LogP contribution in [0, 0.1) is 18.6 Å². The molecule has 1 aromatic heterocycles. The van der Waals surface area contributed by atoms with Gasteiger partial charge in [-0.2, -0.15) is 0 Å². The number of benzene rings is 1. The summed E-state index contributed by atoms with van der Waals surface area (Å²) in [6.45, 7) is 3.11. The highest BCUT2D eigenvalue weighted by Crippen LogP contribution is 2.27. The first-order valence-corrected chi connectivity index (χ1v) is 7.34. The highest BCUT2D eigenvalue weighted by Gasteiger charge is 2.28. The molecule has 0 aliphatic rings. The summed E-state index contributed by atoms with van der Waals surface area (Å²) in [6.07, 6.45) is 2.77. The van der Waals surface area contributed by atoms with Crippen molar-refractivity contribution in [1.82, 2.24) is 9.97 Å². The second-order valence-corrected chi connectivity index (χ2v) is 6.57. The molecule has 2 aromatic rings. The van der Waals surface area contributed by atoms with Crippen molar-refractivity contribution in [1.29, 1.82) is 0 Å². The van der Waals surface area contributed by atoms with Crippen molar-refractivity contribution in [3.8, 4) is 0 Å². The van der Waals surface area contributed by atoms with Gasteiger partial charge in [0.1, 0.15) is 0 Å². The lowest BCUT2D eigenvalue weighted by Crippen LogP contribution is -2.14. The van der Waals surface area contributed by atoms with Crippen LogP contribution in [-0.4, -0.2) is 18.4 Å². The topological polar surface area (TPSA) is 59.9 Å². The Morgan fingerprint density at radius 2 is 1.70 bits per heavy atom. The smallest absolute Gasteiger partial charge is 0.227 e. The van der Waals surface area contributed by atoms with E-state index in [0.29, 0.717) is 0 Å². The zero-order valence-corrected chi connectivity index (χ0v) is 11.7. The number of halogens is 2. The Bertz CT molecular complexity index is 731. The van der Waals surface area contributed by atoms with Crippen LogP contribution in [0.3, 0.4) is 0 Å². The summed E-state index contributed by atoms with van der Waals surface area (Å²) >= 11 is 0. The lowest BCUT2D eigenvalue weighted by molar-refractivity contribution is 0.506. The van der Waals surface area contributed by atoms with E-state index in [1.54, 1.807) is 6.92 Å². The second-order valence-electron chi connectivity index (χ2n) is 4.40. The van der Waals surface area contributed by atoms with E-state index in [9.17, 15) is 17.2 Å². The van der Waals surface area contributed by atoms with E-state index < -0.39 is 26.7 Å². The van der Waals surface area contributed by atoms with Gasteiger partial charge in [-0.1, -0.05) is 6.07 Å². The minimum absolute atomic E-state index is 0.146. The van der Waals surface area contributed by atoms with Gasteiger partial charge in [0.05, 0.1) is 5.25 Å². The zero-order chi connectivity index (χ0) is 14.9. The first kappa shape index (κ1) is 14.5. The SMILES string of the molecule is Cc1cnc(S(=O)(=O)C(C)c2ccc(F)c(F)c2)nc1. The summed E-state index contributed by atoms with van der Waals surface area (Å²) in [5.74, 6) is -2.11. The van der Waals surface area contributed by atoms with E-state index in [-0.39, 0.29) is 10.7 Å². The highest BCUT2D eigenvalue weighted by atomic mass is 32.2. The van der Waals surface area contributed by atoms with E-state index in [0.717, 1.165) is 17.7 Å². The summed E-state index contributed by atoms with van der Waals surface area (Å²) in [5.41, 5.74) is 0.873. The molecule has 0 amide bonds. The van der Waals surface area contributed by atoms with Crippen LogP contribution in [-0.2, 0) is 9.84 Å². The number of hydrogen-bond acceptors (Lipinski definition) is 4. The van der Waals surface area contributed by atoms with E-state index in [4.69, 9.17) is 0 Å². The number of aromatic nitrogens is 2. The van der Waals surface area contributed by atoms with Crippen LogP contribution in [0.25, 0.3) is 0 Å². The third-order valence-electron chi connectivity index (χ3n) is 2.89. The quantitative estimate of drug-likeness (QED) is 0.817. The lowest BCUT2D eigenvalue weighted by Gasteiger charge is -2.12. The minimum atomic E-state index is -3.85. The maximum Gasteiger partial charge on any atom is 0.247 e. The van der Waals surface area contributed by atoms with Crippen LogP contribution in [0.5, 0.6) is 0 Å². The second kappa shape index (κ2) is 5.24. The van der Waals surface area contributed by atoms with Gasteiger partial charge < -0.3 is 0 Å². The van der Waals surface area contributed by atoms with Crippen molar-refractivity contribution in [2.75, 3.05) is 0 Å². The molecule has 0 saturated heterocycles. The van der Waals surface area contributed by atoms with Crippen molar-refractivity contribution < 1.29 is 17.2 Å². The molecule has 0 spiro atoms. The third-order valence-corrected chi connectivity index (χ3v) is 4.81. The largest absolute Gasteiger partial charge is 0.247 e. The van der Waals surface area contributed by atoms with Crippen molar-refractivity contribution in [3.63, 3.8) is 0 Å². The Morgan fingerprint density at radius 1 is 1.10 bits per heavy atom. The van der Waals surface area contributed by atoms with Gasteiger partial charge in [-0.15, -0.1) is 0 Å². The van der Waals surface area contributed by atoms with Crippen molar-refractivity contribution in [2.24, 2.45) is 0 Å². The average Bonchev–Trinajstić information content (AvgIpc) is 2.41. The molecular formula is C13H12F2N2O2S. The number of hydrogen-bond donors (Lipinski definition) is 0. The molecule has 7 heteroatoms. The van der Waals surface area contributed by atoms with Gasteiger partial charge in [0.2, 0.25) is 15.0 Å². The monoisotopic (exact) mass is 298 g/mol. The number of sulfone groups is 1. The van der Waals surface area contributed by atoms with Gasteiger partial charge in [-0.3, -0.25) is 0 Å². The summed E-state index contributed by atoms with van der Waals surface area (Å²) < 4.78 is 50.7. The molecule has 0 aliphatic carbocycles. The van der Waals surface area contributed by atoms with Crippen LogP contribution in [0.15, 0.2) is 35.7 Å². The molecule has 4 nitrogen and oxygen atoms in total. The molecule has 2 rings (SSSR count). The summed E-state index contributed by atoms with van der Waals surface area (Å²) in [5, 5.41) is -1.40. The van der Waals surface area contributed by atoms with Gasteiger partial charge in [-0.05, 0) is 37.1 Å². The lowest BCUT2D eigenvalue weighted by atomic mass is 10.1. The van der Waals surface area contributed by atoms with Gasteiger partial charge >= 0.3 is 0 Å². The Balaban J connectivity index is 2.42.